The van der Waals surface area contributed by atoms with Crippen LogP contribution in [0.1, 0.15) is 47.0 Å². The van der Waals surface area contributed by atoms with E-state index < -0.39 is 0 Å². The molecule has 0 aromatic heterocycles. The molecule has 1 saturated carbocycles. The molecule has 0 bridgehead atoms. The highest BCUT2D eigenvalue weighted by molar-refractivity contribution is 4.88. The summed E-state index contributed by atoms with van der Waals surface area (Å²) >= 11 is 0. The van der Waals surface area contributed by atoms with Gasteiger partial charge in [0, 0.05) is 0 Å². The van der Waals surface area contributed by atoms with Gasteiger partial charge in [-0.1, -0.05) is 33.6 Å². The standard InChI is InChI=1S/C11H22O/c1-8-6-5-7-11(3,4)10(8)9(2)12/h8-10,12H,5-7H2,1-4H3/t8-,9?,10-/m0/s1. The fourth-order valence-electron chi connectivity index (χ4n) is 3.12. The molecule has 1 aliphatic rings. The zero-order chi connectivity index (χ0) is 9.35. The molecule has 3 atom stereocenters. The lowest BCUT2D eigenvalue weighted by atomic mass is 9.62. The van der Waals surface area contributed by atoms with Gasteiger partial charge in [-0.25, -0.2) is 0 Å². The molecule has 0 saturated heterocycles. The van der Waals surface area contributed by atoms with Crippen LogP contribution in [0.4, 0.5) is 0 Å². The number of hydrogen-bond acceptors (Lipinski definition) is 1. The normalized spacial score (nSPS) is 37.8. The predicted octanol–water partition coefficient (Wildman–Crippen LogP) is 2.83. The molecule has 0 radical (unpaired) electrons. The van der Waals surface area contributed by atoms with E-state index in [-0.39, 0.29) is 6.10 Å². The minimum Gasteiger partial charge on any atom is -0.393 e. The number of rotatable bonds is 1. The third kappa shape index (κ3) is 1.82. The van der Waals surface area contributed by atoms with Crippen LogP contribution < -0.4 is 0 Å². The first kappa shape index (κ1) is 10.0. The monoisotopic (exact) mass is 170 g/mol. The first-order valence-electron chi connectivity index (χ1n) is 5.13. The molecule has 0 aromatic carbocycles. The van der Waals surface area contributed by atoms with Gasteiger partial charge in [-0.3, -0.25) is 0 Å². The van der Waals surface area contributed by atoms with Gasteiger partial charge >= 0.3 is 0 Å². The molecule has 0 aromatic rings. The van der Waals surface area contributed by atoms with E-state index in [2.05, 4.69) is 20.8 Å². The Kier molecular flexibility index (Phi) is 2.82. The smallest absolute Gasteiger partial charge is 0.0547 e. The summed E-state index contributed by atoms with van der Waals surface area (Å²) in [5, 5.41) is 9.68. The number of aliphatic hydroxyl groups excluding tert-OH is 1. The molecule has 72 valence electrons. The molecule has 1 heteroatoms. The summed E-state index contributed by atoms with van der Waals surface area (Å²) < 4.78 is 0. The largest absolute Gasteiger partial charge is 0.393 e. The van der Waals surface area contributed by atoms with Gasteiger partial charge in [0.2, 0.25) is 0 Å². The second-order valence-electron chi connectivity index (χ2n) is 5.12. The van der Waals surface area contributed by atoms with Gasteiger partial charge in [-0.2, -0.15) is 0 Å². The summed E-state index contributed by atoms with van der Waals surface area (Å²) in [7, 11) is 0. The molecule has 0 aliphatic heterocycles. The van der Waals surface area contributed by atoms with Crippen LogP contribution in [0.25, 0.3) is 0 Å². The van der Waals surface area contributed by atoms with Crippen molar-refractivity contribution < 1.29 is 5.11 Å². The van der Waals surface area contributed by atoms with Crippen LogP contribution in [-0.2, 0) is 0 Å². The topological polar surface area (TPSA) is 20.2 Å². The molecule has 1 unspecified atom stereocenters. The summed E-state index contributed by atoms with van der Waals surface area (Å²) in [6, 6.07) is 0. The van der Waals surface area contributed by atoms with E-state index in [1.54, 1.807) is 0 Å². The fourth-order valence-corrected chi connectivity index (χ4v) is 3.12. The van der Waals surface area contributed by atoms with Gasteiger partial charge in [0.25, 0.3) is 0 Å². The molecule has 0 heterocycles. The highest BCUT2D eigenvalue weighted by atomic mass is 16.3. The Labute approximate surface area is 76.2 Å². The van der Waals surface area contributed by atoms with Crippen LogP contribution >= 0.6 is 0 Å². The van der Waals surface area contributed by atoms with Crippen LogP contribution in [0.15, 0.2) is 0 Å². The van der Waals surface area contributed by atoms with Crippen molar-refractivity contribution in [1.29, 1.82) is 0 Å². The van der Waals surface area contributed by atoms with E-state index >= 15 is 0 Å². The molecule has 0 spiro atoms. The van der Waals surface area contributed by atoms with Crippen molar-refractivity contribution >= 4 is 0 Å². The van der Waals surface area contributed by atoms with Crippen LogP contribution in [-0.4, -0.2) is 11.2 Å². The molecule has 1 aliphatic carbocycles. The number of aliphatic hydroxyl groups is 1. The summed E-state index contributed by atoms with van der Waals surface area (Å²) in [6.45, 7) is 8.80. The van der Waals surface area contributed by atoms with E-state index in [0.717, 1.165) is 0 Å². The van der Waals surface area contributed by atoms with Crippen molar-refractivity contribution in [3.8, 4) is 0 Å². The minimum absolute atomic E-state index is 0.143. The second kappa shape index (κ2) is 3.37. The lowest BCUT2D eigenvalue weighted by Gasteiger charge is -2.44. The van der Waals surface area contributed by atoms with E-state index in [1.807, 2.05) is 6.92 Å². The maximum atomic E-state index is 9.68. The number of hydrogen-bond donors (Lipinski definition) is 1. The van der Waals surface area contributed by atoms with E-state index in [4.69, 9.17) is 0 Å². The third-order valence-electron chi connectivity index (χ3n) is 3.52. The molecule has 0 amide bonds. The highest BCUT2D eigenvalue weighted by Gasteiger charge is 2.39. The zero-order valence-electron chi connectivity index (χ0n) is 8.80. The van der Waals surface area contributed by atoms with Gasteiger partial charge in [-0.15, -0.1) is 0 Å². The molecular formula is C11H22O. The first-order valence-corrected chi connectivity index (χ1v) is 5.13. The van der Waals surface area contributed by atoms with Crippen molar-refractivity contribution in [3.63, 3.8) is 0 Å². The van der Waals surface area contributed by atoms with Gasteiger partial charge < -0.3 is 5.11 Å². The maximum Gasteiger partial charge on any atom is 0.0547 e. The molecule has 1 rings (SSSR count). The Morgan fingerprint density at radius 3 is 2.33 bits per heavy atom. The average molecular weight is 170 g/mol. The molecule has 1 N–H and O–H groups in total. The summed E-state index contributed by atoms with van der Waals surface area (Å²) in [4.78, 5) is 0. The lowest BCUT2D eigenvalue weighted by Crippen LogP contribution is -2.40. The SMILES string of the molecule is CC(O)[C@@H]1[C@@H](C)CCCC1(C)C. The minimum atomic E-state index is -0.143. The fraction of sp³-hybridized carbons (Fsp3) is 1.00. The molecular weight excluding hydrogens is 148 g/mol. The van der Waals surface area contributed by atoms with E-state index in [1.165, 1.54) is 19.3 Å². The zero-order valence-corrected chi connectivity index (χ0v) is 8.80. The van der Waals surface area contributed by atoms with Crippen molar-refractivity contribution in [2.24, 2.45) is 17.3 Å². The van der Waals surface area contributed by atoms with Gasteiger partial charge in [-0.05, 0) is 30.6 Å². The second-order valence-corrected chi connectivity index (χ2v) is 5.12. The van der Waals surface area contributed by atoms with E-state index in [0.29, 0.717) is 17.3 Å². The summed E-state index contributed by atoms with van der Waals surface area (Å²) in [5.41, 5.74) is 0.339. The Balaban J connectivity index is 2.74. The van der Waals surface area contributed by atoms with Crippen LogP contribution in [0, 0.1) is 17.3 Å². The summed E-state index contributed by atoms with van der Waals surface area (Å²) in [5.74, 6) is 1.18. The van der Waals surface area contributed by atoms with E-state index in [9.17, 15) is 5.11 Å². The van der Waals surface area contributed by atoms with Crippen LogP contribution in [0.3, 0.4) is 0 Å². The Morgan fingerprint density at radius 2 is 2.00 bits per heavy atom. The third-order valence-corrected chi connectivity index (χ3v) is 3.52. The van der Waals surface area contributed by atoms with Crippen LogP contribution in [0.5, 0.6) is 0 Å². The summed E-state index contributed by atoms with van der Waals surface area (Å²) in [6.07, 6.45) is 3.75. The molecule has 12 heavy (non-hydrogen) atoms. The van der Waals surface area contributed by atoms with Crippen molar-refractivity contribution in [1.82, 2.24) is 0 Å². The van der Waals surface area contributed by atoms with Gasteiger partial charge in [0.05, 0.1) is 6.10 Å². The predicted molar refractivity (Wildman–Crippen MR) is 52.0 cm³/mol. The lowest BCUT2D eigenvalue weighted by molar-refractivity contribution is -0.0179. The maximum absolute atomic E-state index is 9.68. The van der Waals surface area contributed by atoms with Gasteiger partial charge in [0.15, 0.2) is 0 Å². The average Bonchev–Trinajstić information content (AvgIpc) is 1.82. The Hall–Kier alpha value is -0.0400. The Morgan fingerprint density at radius 1 is 1.42 bits per heavy atom. The first-order chi connectivity index (χ1) is 5.45. The Bertz CT molecular complexity index is 149. The quantitative estimate of drug-likeness (QED) is 0.641. The van der Waals surface area contributed by atoms with Crippen LogP contribution in [0.2, 0.25) is 0 Å². The van der Waals surface area contributed by atoms with Crippen molar-refractivity contribution in [3.05, 3.63) is 0 Å². The molecule has 1 nitrogen and oxygen atoms in total. The molecule has 1 fully saturated rings. The van der Waals surface area contributed by atoms with Crippen molar-refractivity contribution in [2.75, 3.05) is 0 Å². The van der Waals surface area contributed by atoms with Gasteiger partial charge in [0.1, 0.15) is 0 Å². The van der Waals surface area contributed by atoms with Crippen molar-refractivity contribution in [2.45, 2.75) is 53.1 Å². The highest BCUT2D eigenvalue weighted by Crippen LogP contribution is 2.45.